The fourth-order valence-corrected chi connectivity index (χ4v) is 2.18. The van der Waals surface area contributed by atoms with Gasteiger partial charge in [-0.15, -0.1) is 11.3 Å². The fraction of sp³-hybridized carbons (Fsp3) is 0.0833. The molecule has 0 amide bonds. The van der Waals surface area contributed by atoms with Crippen LogP contribution in [0.3, 0.4) is 0 Å². The van der Waals surface area contributed by atoms with E-state index in [1.165, 1.54) is 16.0 Å². The molecule has 0 aliphatic rings. The molecule has 0 aliphatic carbocycles. The van der Waals surface area contributed by atoms with Gasteiger partial charge in [0.2, 0.25) is 0 Å². The van der Waals surface area contributed by atoms with Crippen molar-refractivity contribution in [1.29, 1.82) is 0 Å². The number of rotatable bonds is 2. The highest BCUT2D eigenvalue weighted by atomic mass is 32.1. The van der Waals surface area contributed by atoms with Gasteiger partial charge in [0.25, 0.3) is 0 Å². The molecule has 65 valence electrons. The third-order valence-electron chi connectivity index (χ3n) is 2.06. The van der Waals surface area contributed by atoms with Gasteiger partial charge in [-0.25, -0.2) is 0 Å². The third-order valence-corrected chi connectivity index (χ3v) is 2.96. The van der Waals surface area contributed by atoms with Crippen molar-refractivity contribution in [3.63, 3.8) is 0 Å². The number of hydrogen-bond donors (Lipinski definition) is 0. The van der Waals surface area contributed by atoms with Gasteiger partial charge in [-0.05, 0) is 29.0 Å². The van der Waals surface area contributed by atoms with Gasteiger partial charge in [-0.3, -0.25) is 0 Å². The molecule has 0 nitrogen and oxygen atoms in total. The normalized spacial score (nSPS) is 10.2. The molecule has 1 radical (unpaired) electrons. The fourth-order valence-electron chi connectivity index (χ4n) is 1.40. The first-order valence-electron chi connectivity index (χ1n) is 4.34. The Morgan fingerprint density at radius 1 is 1.08 bits per heavy atom. The van der Waals surface area contributed by atoms with Crippen LogP contribution >= 0.6 is 11.3 Å². The van der Waals surface area contributed by atoms with Gasteiger partial charge in [0, 0.05) is 4.88 Å². The van der Waals surface area contributed by atoms with Crippen LogP contribution in [-0.4, -0.2) is 0 Å². The van der Waals surface area contributed by atoms with E-state index in [1.807, 2.05) is 0 Å². The Balaban J connectivity index is 2.51. The topological polar surface area (TPSA) is 0 Å². The second-order valence-electron chi connectivity index (χ2n) is 2.85. The lowest BCUT2D eigenvalue weighted by Gasteiger charge is -2.03. The van der Waals surface area contributed by atoms with E-state index in [1.54, 1.807) is 11.3 Å². The van der Waals surface area contributed by atoms with Crippen molar-refractivity contribution in [2.75, 3.05) is 0 Å². The lowest BCUT2D eigenvalue weighted by Crippen LogP contribution is -1.81. The van der Waals surface area contributed by atoms with Gasteiger partial charge in [0.1, 0.15) is 0 Å². The van der Waals surface area contributed by atoms with Crippen molar-refractivity contribution in [2.45, 2.75) is 6.92 Å². The Hall–Kier alpha value is -1.08. The van der Waals surface area contributed by atoms with Crippen LogP contribution in [0.1, 0.15) is 12.5 Å². The minimum atomic E-state index is 1.31. The first kappa shape index (κ1) is 8.52. The molecule has 1 heteroatoms. The van der Waals surface area contributed by atoms with Crippen molar-refractivity contribution >= 4 is 11.3 Å². The molecule has 2 aromatic rings. The first-order valence-corrected chi connectivity index (χ1v) is 5.22. The van der Waals surface area contributed by atoms with Crippen molar-refractivity contribution in [3.05, 3.63) is 53.8 Å². The second-order valence-corrected chi connectivity index (χ2v) is 3.80. The van der Waals surface area contributed by atoms with E-state index in [4.69, 9.17) is 0 Å². The minimum absolute atomic E-state index is 1.31. The molecule has 0 spiro atoms. The summed E-state index contributed by atoms with van der Waals surface area (Å²) in [4.78, 5) is 1.34. The first-order chi connectivity index (χ1) is 6.42. The zero-order valence-electron chi connectivity index (χ0n) is 7.53. The number of thiophene rings is 1. The van der Waals surface area contributed by atoms with Gasteiger partial charge in [0.05, 0.1) is 0 Å². The highest BCUT2D eigenvalue weighted by Gasteiger charge is 2.02. The van der Waals surface area contributed by atoms with Crippen LogP contribution in [0.25, 0.3) is 10.4 Å². The average Bonchev–Trinajstić information content (AvgIpc) is 2.70. The van der Waals surface area contributed by atoms with E-state index in [0.29, 0.717) is 0 Å². The van der Waals surface area contributed by atoms with E-state index in [0.717, 1.165) is 0 Å². The summed E-state index contributed by atoms with van der Waals surface area (Å²) in [7, 11) is 0. The zero-order valence-corrected chi connectivity index (χ0v) is 8.34. The standard InChI is InChI=1S/C12H11S/c1-2-10-6-3-4-7-11(10)12-8-5-9-13-12/h2-9H,1H3. The Bertz CT molecular complexity index is 374. The van der Waals surface area contributed by atoms with Gasteiger partial charge in [-0.2, -0.15) is 0 Å². The maximum atomic E-state index is 2.17. The van der Waals surface area contributed by atoms with Crippen LogP contribution in [0, 0.1) is 6.42 Å². The highest BCUT2D eigenvalue weighted by Crippen LogP contribution is 2.28. The number of hydrogen-bond acceptors (Lipinski definition) is 1. The van der Waals surface area contributed by atoms with E-state index in [9.17, 15) is 0 Å². The van der Waals surface area contributed by atoms with Crippen LogP contribution in [0.15, 0.2) is 41.8 Å². The largest absolute Gasteiger partial charge is 0.144 e. The van der Waals surface area contributed by atoms with Crippen LogP contribution < -0.4 is 0 Å². The third kappa shape index (κ3) is 1.65. The van der Waals surface area contributed by atoms with Gasteiger partial charge in [0.15, 0.2) is 0 Å². The van der Waals surface area contributed by atoms with E-state index in [2.05, 4.69) is 55.1 Å². The van der Waals surface area contributed by atoms with Gasteiger partial charge < -0.3 is 0 Å². The molecule has 0 saturated heterocycles. The summed E-state index contributed by atoms with van der Waals surface area (Å²) in [5, 5.41) is 2.11. The summed E-state index contributed by atoms with van der Waals surface area (Å²) >= 11 is 1.79. The molecule has 0 saturated carbocycles. The molecule has 13 heavy (non-hydrogen) atoms. The van der Waals surface area contributed by atoms with Gasteiger partial charge in [-0.1, -0.05) is 37.3 Å². The van der Waals surface area contributed by atoms with E-state index >= 15 is 0 Å². The molecule has 1 aromatic carbocycles. The maximum absolute atomic E-state index is 2.17. The molecule has 0 atom stereocenters. The van der Waals surface area contributed by atoms with E-state index < -0.39 is 0 Å². The van der Waals surface area contributed by atoms with Crippen molar-refractivity contribution in [1.82, 2.24) is 0 Å². The monoisotopic (exact) mass is 187 g/mol. The molecule has 0 aliphatic heterocycles. The van der Waals surface area contributed by atoms with Crippen molar-refractivity contribution in [3.8, 4) is 10.4 Å². The molecular formula is C12H11S. The minimum Gasteiger partial charge on any atom is -0.144 e. The molecule has 0 N–H and O–H groups in total. The Kier molecular flexibility index (Phi) is 2.46. The molecule has 1 aromatic heterocycles. The lowest BCUT2D eigenvalue weighted by molar-refractivity contribution is 1.43. The lowest BCUT2D eigenvalue weighted by atomic mass is 10.0. The average molecular weight is 187 g/mol. The van der Waals surface area contributed by atoms with Crippen LogP contribution in [0.2, 0.25) is 0 Å². The maximum Gasteiger partial charge on any atom is 0.0345 e. The molecule has 0 unspecified atom stereocenters. The van der Waals surface area contributed by atoms with Crippen molar-refractivity contribution in [2.24, 2.45) is 0 Å². The molecular weight excluding hydrogens is 176 g/mol. The number of benzene rings is 1. The molecule has 0 bridgehead atoms. The Labute approximate surface area is 82.9 Å². The summed E-state index contributed by atoms with van der Waals surface area (Å²) in [5.74, 6) is 0. The van der Waals surface area contributed by atoms with Crippen LogP contribution in [-0.2, 0) is 0 Å². The van der Waals surface area contributed by atoms with Crippen LogP contribution in [0.4, 0.5) is 0 Å². The quantitative estimate of drug-likeness (QED) is 0.667. The smallest absolute Gasteiger partial charge is 0.0345 e. The summed E-state index contributed by atoms with van der Waals surface area (Å²) in [6, 6.07) is 12.7. The molecule has 0 fully saturated rings. The summed E-state index contributed by atoms with van der Waals surface area (Å²) in [5.41, 5.74) is 2.64. The molecule has 2 rings (SSSR count). The highest BCUT2D eigenvalue weighted by molar-refractivity contribution is 7.13. The van der Waals surface area contributed by atoms with Crippen molar-refractivity contribution < 1.29 is 0 Å². The second kappa shape index (κ2) is 3.75. The Morgan fingerprint density at radius 2 is 1.92 bits per heavy atom. The summed E-state index contributed by atoms with van der Waals surface area (Å²) in [6.45, 7) is 2.08. The van der Waals surface area contributed by atoms with Crippen LogP contribution in [0.5, 0.6) is 0 Å². The summed E-state index contributed by atoms with van der Waals surface area (Å²) in [6.07, 6.45) is 2.15. The predicted octanol–water partition coefficient (Wildman–Crippen LogP) is 3.99. The SMILES string of the molecule is C[CH]c1ccccc1-c1cccs1. The zero-order chi connectivity index (χ0) is 9.10. The van der Waals surface area contributed by atoms with E-state index in [-0.39, 0.29) is 0 Å². The van der Waals surface area contributed by atoms with Gasteiger partial charge >= 0.3 is 0 Å². The predicted molar refractivity (Wildman–Crippen MR) is 58.8 cm³/mol. The molecule has 1 heterocycles. The Morgan fingerprint density at radius 3 is 2.62 bits per heavy atom. The summed E-state index contributed by atoms with van der Waals surface area (Å²) < 4.78 is 0.